The summed E-state index contributed by atoms with van der Waals surface area (Å²) in [6.45, 7) is 15.2. The molecule has 2 unspecified atom stereocenters. The molecule has 0 saturated carbocycles. The first kappa shape index (κ1) is 25.1. The molecule has 2 aromatic rings. The number of nitrogens with zero attached hydrogens (tertiary/aromatic N) is 5. The molecule has 2 saturated heterocycles. The number of aromatic nitrogens is 3. The summed E-state index contributed by atoms with van der Waals surface area (Å²) in [4.78, 5) is 17.4. The molecule has 1 amide bonds. The summed E-state index contributed by atoms with van der Waals surface area (Å²) in [6, 6.07) is 3.85. The highest BCUT2D eigenvalue weighted by atomic mass is 32.2. The monoisotopic (exact) mass is 490 g/mol. The van der Waals surface area contributed by atoms with Crippen molar-refractivity contribution < 1.29 is 13.9 Å². The van der Waals surface area contributed by atoms with E-state index >= 15 is 0 Å². The van der Waals surface area contributed by atoms with Crippen molar-refractivity contribution in [1.82, 2.24) is 25.0 Å². The van der Waals surface area contributed by atoms with Gasteiger partial charge in [-0.25, -0.2) is 0 Å². The van der Waals surface area contributed by atoms with Crippen LogP contribution in [0.1, 0.15) is 39.9 Å². The molecular formula is C24H38N6O3S. The average molecular weight is 491 g/mol. The first-order valence-corrected chi connectivity index (χ1v) is 13.2. The number of carbonyl (C=O) groups is 1. The zero-order chi connectivity index (χ0) is 24.1. The van der Waals surface area contributed by atoms with Crippen LogP contribution in [-0.2, 0) is 16.1 Å². The van der Waals surface area contributed by atoms with Gasteiger partial charge in [0.1, 0.15) is 5.76 Å². The molecule has 34 heavy (non-hydrogen) atoms. The number of rotatable bonds is 9. The lowest BCUT2D eigenvalue weighted by molar-refractivity contribution is -0.119. The molecule has 0 bridgehead atoms. The summed E-state index contributed by atoms with van der Waals surface area (Å²) in [5.74, 6) is 3.20. The number of hydrogen-bond donors (Lipinski definition) is 1. The average Bonchev–Trinajstić information content (AvgIpc) is 3.47. The van der Waals surface area contributed by atoms with Crippen molar-refractivity contribution in [2.75, 3.05) is 56.6 Å². The Morgan fingerprint density at radius 3 is 2.62 bits per heavy atom. The summed E-state index contributed by atoms with van der Waals surface area (Å²) in [7, 11) is 0. The highest BCUT2D eigenvalue weighted by Gasteiger charge is 2.29. The predicted octanol–water partition coefficient (Wildman–Crippen LogP) is 2.72. The van der Waals surface area contributed by atoms with Crippen LogP contribution in [0.3, 0.4) is 0 Å². The van der Waals surface area contributed by atoms with E-state index in [0.717, 1.165) is 56.3 Å². The zero-order valence-corrected chi connectivity index (χ0v) is 21.6. The third kappa shape index (κ3) is 6.34. The summed E-state index contributed by atoms with van der Waals surface area (Å²) >= 11 is 1.42. The molecule has 0 radical (unpaired) electrons. The summed E-state index contributed by atoms with van der Waals surface area (Å²) in [5.41, 5.74) is -0.113. The van der Waals surface area contributed by atoms with Crippen molar-refractivity contribution in [2.24, 2.45) is 11.8 Å². The Morgan fingerprint density at radius 2 is 1.94 bits per heavy atom. The van der Waals surface area contributed by atoms with E-state index < -0.39 is 0 Å². The largest absolute Gasteiger partial charge is 0.467 e. The Bertz CT molecular complexity index is 915. The van der Waals surface area contributed by atoms with Crippen LogP contribution in [0.25, 0.3) is 0 Å². The number of thioether (sulfide) groups is 1. The summed E-state index contributed by atoms with van der Waals surface area (Å²) in [6.07, 6.45) is 2.91. The van der Waals surface area contributed by atoms with E-state index in [4.69, 9.17) is 9.15 Å². The first-order valence-electron chi connectivity index (χ1n) is 12.2. The number of furan rings is 1. The predicted molar refractivity (Wildman–Crippen MR) is 133 cm³/mol. The van der Waals surface area contributed by atoms with Crippen LogP contribution in [0.5, 0.6) is 0 Å². The van der Waals surface area contributed by atoms with Crippen LogP contribution in [-0.4, -0.2) is 82.8 Å². The molecule has 0 aliphatic carbocycles. The van der Waals surface area contributed by atoms with Gasteiger partial charge in [-0.05, 0) is 44.2 Å². The maximum Gasteiger partial charge on any atom is 0.230 e. The molecule has 2 atom stereocenters. The Labute approximate surface area is 206 Å². The minimum Gasteiger partial charge on any atom is -0.467 e. The van der Waals surface area contributed by atoms with Crippen LogP contribution in [0.4, 0.5) is 5.95 Å². The fraction of sp³-hybridized carbons (Fsp3) is 0.708. The molecule has 0 aromatic carbocycles. The van der Waals surface area contributed by atoms with Crippen molar-refractivity contribution in [2.45, 2.75) is 51.4 Å². The first-order chi connectivity index (χ1) is 16.3. The number of carbonyl (C=O) groups excluding carboxylic acids is 1. The number of amides is 1. The molecule has 2 aromatic heterocycles. The normalized spacial score (nSPS) is 22.2. The Balaban J connectivity index is 1.39. The molecule has 2 aliphatic heterocycles. The smallest absolute Gasteiger partial charge is 0.230 e. The molecule has 9 nitrogen and oxygen atoms in total. The second kappa shape index (κ2) is 11.1. The van der Waals surface area contributed by atoms with E-state index in [1.165, 1.54) is 18.2 Å². The third-order valence-electron chi connectivity index (χ3n) is 6.66. The van der Waals surface area contributed by atoms with Crippen LogP contribution < -0.4 is 10.2 Å². The Morgan fingerprint density at radius 1 is 1.21 bits per heavy atom. The molecular weight excluding hydrogens is 452 g/mol. The van der Waals surface area contributed by atoms with Crippen LogP contribution in [0.2, 0.25) is 0 Å². The van der Waals surface area contributed by atoms with Crippen molar-refractivity contribution in [3.63, 3.8) is 0 Å². The van der Waals surface area contributed by atoms with Crippen molar-refractivity contribution in [3.05, 3.63) is 24.2 Å². The lowest BCUT2D eigenvalue weighted by Crippen LogP contribution is -2.55. The highest BCUT2D eigenvalue weighted by molar-refractivity contribution is 7.99. The number of hydrogen-bond acceptors (Lipinski definition) is 8. The van der Waals surface area contributed by atoms with Crippen LogP contribution >= 0.6 is 11.8 Å². The van der Waals surface area contributed by atoms with Gasteiger partial charge in [-0.2, -0.15) is 0 Å². The van der Waals surface area contributed by atoms with Crippen LogP contribution in [0.15, 0.2) is 28.0 Å². The van der Waals surface area contributed by atoms with Gasteiger partial charge < -0.3 is 19.4 Å². The zero-order valence-electron chi connectivity index (χ0n) is 20.8. The van der Waals surface area contributed by atoms with Crippen LogP contribution in [0, 0.1) is 11.8 Å². The van der Waals surface area contributed by atoms with E-state index in [-0.39, 0.29) is 11.4 Å². The number of morpholine rings is 1. The van der Waals surface area contributed by atoms with E-state index in [1.807, 2.05) is 12.1 Å². The number of ether oxygens (including phenoxy) is 1. The number of nitrogens with one attached hydrogen (secondary N) is 1. The van der Waals surface area contributed by atoms with Gasteiger partial charge in [0, 0.05) is 38.3 Å². The SMILES string of the molecule is CC1CC(C)CN(c2nnc(SCC(=O)NCC(C)(C)N3CCOCC3)n2Cc2ccco2)C1. The van der Waals surface area contributed by atoms with E-state index in [0.29, 0.717) is 30.7 Å². The van der Waals surface area contributed by atoms with E-state index in [1.54, 1.807) is 6.26 Å². The fourth-order valence-corrected chi connectivity index (χ4v) is 5.68. The van der Waals surface area contributed by atoms with Gasteiger partial charge in [-0.15, -0.1) is 10.2 Å². The van der Waals surface area contributed by atoms with E-state index in [9.17, 15) is 4.79 Å². The highest BCUT2D eigenvalue weighted by Crippen LogP contribution is 2.29. The van der Waals surface area contributed by atoms with Gasteiger partial charge >= 0.3 is 0 Å². The standard InChI is InChI=1S/C24H38N6O3S/c1-18-12-19(2)14-28(13-18)22-26-27-23(30(22)15-20-6-5-9-33-20)34-16-21(31)25-17-24(3,4)29-7-10-32-11-8-29/h5-6,9,18-19H,7-8,10-17H2,1-4H3,(H,25,31). The molecule has 2 aliphatic rings. The van der Waals surface area contributed by atoms with Gasteiger partial charge in [0.2, 0.25) is 11.9 Å². The minimum atomic E-state index is -0.113. The van der Waals surface area contributed by atoms with Gasteiger partial charge in [-0.3, -0.25) is 14.3 Å². The lowest BCUT2D eigenvalue weighted by Gasteiger charge is -2.40. The Kier molecular flexibility index (Phi) is 8.21. The van der Waals surface area contributed by atoms with Gasteiger partial charge in [0.15, 0.2) is 5.16 Å². The summed E-state index contributed by atoms with van der Waals surface area (Å²) < 4.78 is 13.1. The van der Waals surface area contributed by atoms with Gasteiger partial charge in [0.05, 0.1) is 31.8 Å². The molecule has 4 rings (SSSR count). The van der Waals surface area contributed by atoms with Crippen molar-refractivity contribution in [3.8, 4) is 0 Å². The topological polar surface area (TPSA) is 88.7 Å². The van der Waals surface area contributed by atoms with Crippen molar-refractivity contribution >= 4 is 23.6 Å². The summed E-state index contributed by atoms with van der Waals surface area (Å²) in [5, 5.41) is 12.9. The van der Waals surface area contributed by atoms with Gasteiger partial charge in [-0.1, -0.05) is 25.6 Å². The molecule has 1 N–H and O–H groups in total. The maximum absolute atomic E-state index is 12.7. The third-order valence-corrected chi connectivity index (χ3v) is 7.63. The van der Waals surface area contributed by atoms with Crippen molar-refractivity contribution in [1.29, 1.82) is 0 Å². The minimum absolute atomic E-state index is 0.000602. The second-order valence-corrected chi connectivity index (χ2v) is 11.2. The molecule has 10 heteroatoms. The molecule has 2 fully saturated rings. The molecule has 4 heterocycles. The number of piperidine rings is 1. The Hall–Kier alpha value is -2.04. The number of anilines is 1. The maximum atomic E-state index is 12.7. The van der Waals surface area contributed by atoms with E-state index in [2.05, 4.69) is 57.6 Å². The molecule has 188 valence electrons. The fourth-order valence-electron chi connectivity index (χ4n) is 4.92. The second-order valence-electron chi connectivity index (χ2n) is 10.3. The van der Waals surface area contributed by atoms with Gasteiger partial charge in [0.25, 0.3) is 0 Å². The lowest BCUT2D eigenvalue weighted by atomic mass is 9.92. The molecule has 0 spiro atoms. The quantitative estimate of drug-likeness (QED) is 0.537.